The number of carbonyl (C=O) groups excluding carboxylic acids is 1. The normalized spacial score (nSPS) is 43.8. The van der Waals surface area contributed by atoms with Gasteiger partial charge in [0.05, 0.1) is 17.6 Å². The predicted molar refractivity (Wildman–Crippen MR) is 89.5 cm³/mol. The number of rotatable bonds is 1. The van der Waals surface area contributed by atoms with Crippen LogP contribution in [-0.4, -0.2) is 39.6 Å². The third-order valence-corrected chi connectivity index (χ3v) is 6.72. The van der Waals surface area contributed by atoms with Gasteiger partial charge in [-0.1, -0.05) is 20.8 Å². The number of aliphatic hydroxyl groups excluding tert-OH is 3. The lowest BCUT2D eigenvalue weighted by atomic mass is 9.48. The third-order valence-electron chi connectivity index (χ3n) is 6.72. The molecule has 3 N–H and O–H groups in total. The minimum absolute atomic E-state index is 0.0459. The third kappa shape index (κ3) is 1.88. The van der Waals surface area contributed by atoms with Crippen LogP contribution in [0.15, 0.2) is 15.3 Å². The van der Waals surface area contributed by atoms with Gasteiger partial charge in [0.2, 0.25) is 0 Å². The van der Waals surface area contributed by atoms with Crippen molar-refractivity contribution in [2.24, 2.45) is 11.3 Å². The number of aliphatic hydroxyl groups is 3. The fourth-order valence-electron chi connectivity index (χ4n) is 5.60. The highest BCUT2D eigenvalue weighted by atomic mass is 16.6. The van der Waals surface area contributed by atoms with Crippen molar-refractivity contribution in [2.75, 3.05) is 0 Å². The molecule has 1 saturated heterocycles. The molecule has 0 bridgehead atoms. The maximum absolute atomic E-state index is 12.6. The molecule has 0 aromatic carbocycles. The molecule has 1 aliphatic heterocycles. The van der Waals surface area contributed by atoms with E-state index in [-0.39, 0.29) is 12.3 Å². The number of hydrogen-bond donors (Lipinski definition) is 3. The van der Waals surface area contributed by atoms with Gasteiger partial charge >= 0.3 is 11.6 Å². The molecule has 142 valence electrons. The molecule has 2 heterocycles. The first-order chi connectivity index (χ1) is 12.0. The average Bonchev–Trinajstić information content (AvgIpc) is 2.82. The molecule has 3 aliphatic rings. The van der Waals surface area contributed by atoms with Crippen molar-refractivity contribution in [3.8, 4) is 0 Å². The molecule has 7 atom stereocenters. The van der Waals surface area contributed by atoms with E-state index in [1.807, 2.05) is 13.8 Å². The Balaban J connectivity index is 2.08. The maximum atomic E-state index is 12.6. The van der Waals surface area contributed by atoms with E-state index < -0.39 is 52.8 Å². The molecule has 7 heteroatoms. The Kier molecular flexibility index (Phi) is 3.53. The van der Waals surface area contributed by atoms with Crippen LogP contribution in [-0.2, 0) is 14.9 Å². The standard InChI is InChI=1S/C19H24O7/c1-7(2)13-11-8(5-10(21)25-13)19(4)15-14(12(11)22)26-17(24)18(15,3)6-9(20)16(19)23/h5,7,9,12,14-16,20,22-23H,6H2,1-4H3/t9-,12-,14?,15?,16-,18+,19-/m1/s1. The van der Waals surface area contributed by atoms with Gasteiger partial charge in [-0.3, -0.25) is 4.79 Å². The van der Waals surface area contributed by atoms with Crippen molar-refractivity contribution in [3.05, 3.63) is 33.4 Å². The Hall–Kier alpha value is -1.70. The molecule has 7 nitrogen and oxygen atoms in total. The van der Waals surface area contributed by atoms with Gasteiger partial charge in [0, 0.05) is 28.9 Å². The highest BCUT2D eigenvalue weighted by molar-refractivity contribution is 5.81. The van der Waals surface area contributed by atoms with Crippen molar-refractivity contribution >= 4 is 5.97 Å². The van der Waals surface area contributed by atoms with Crippen LogP contribution in [0.5, 0.6) is 0 Å². The molecule has 0 amide bonds. The summed E-state index contributed by atoms with van der Waals surface area (Å²) >= 11 is 0. The second-order valence-corrected chi connectivity index (χ2v) is 8.62. The highest BCUT2D eigenvalue weighted by Crippen LogP contribution is 2.63. The fourth-order valence-corrected chi connectivity index (χ4v) is 5.60. The molecule has 1 aromatic heterocycles. The number of ether oxygens (including phenoxy) is 1. The summed E-state index contributed by atoms with van der Waals surface area (Å²) in [7, 11) is 0. The van der Waals surface area contributed by atoms with E-state index in [0.29, 0.717) is 16.9 Å². The van der Waals surface area contributed by atoms with Gasteiger partial charge in [-0.15, -0.1) is 0 Å². The summed E-state index contributed by atoms with van der Waals surface area (Å²) in [5.41, 5.74) is -1.95. The van der Waals surface area contributed by atoms with Crippen LogP contribution in [0.25, 0.3) is 0 Å². The number of esters is 1. The predicted octanol–water partition coefficient (Wildman–Crippen LogP) is 0.741. The van der Waals surface area contributed by atoms with Gasteiger partial charge in [0.1, 0.15) is 18.0 Å². The molecule has 0 radical (unpaired) electrons. The lowest BCUT2D eigenvalue weighted by Gasteiger charge is -2.55. The van der Waals surface area contributed by atoms with Crippen LogP contribution >= 0.6 is 0 Å². The SMILES string of the molecule is CC(C)c1oc(=O)cc2c1[C@@H](O)C1OC(=O)[C@@]3(C)C[C@@H](O)[C@@H](O)[C@@]2(C)C13. The van der Waals surface area contributed by atoms with Crippen molar-refractivity contribution < 1.29 is 29.3 Å². The number of hydrogen-bond acceptors (Lipinski definition) is 7. The van der Waals surface area contributed by atoms with Crippen LogP contribution in [0, 0.1) is 11.3 Å². The lowest BCUT2D eigenvalue weighted by molar-refractivity contribution is -0.156. The molecule has 0 spiro atoms. The zero-order valence-electron chi connectivity index (χ0n) is 15.2. The van der Waals surface area contributed by atoms with Crippen molar-refractivity contribution in [3.63, 3.8) is 0 Å². The summed E-state index contributed by atoms with van der Waals surface area (Å²) in [5, 5.41) is 32.4. The molecule has 26 heavy (non-hydrogen) atoms. The van der Waals surface area contributed by atoms with Crippen LogP contribution in [0.2, 0.25) is 0 Å². The van der Waals surface area contributed by atoms with Gasteiger partial charge in [-0.05, 0) is 18.9 Å². The first-order valence-corrected chi connectivity index (χ1v) is 8.97. The topological polar surface area (TPSA) is 117 Å². The van der Waals surface area contributed by atoms with E-state index in [1.165, 1.54) is 6.07 Å². The van der Waals surface area contributed by atoms with Gasteiger partial charge in [-0.25, -0.2) is 4.79 Å². The van der Waals surface area contributed by atoms with Gasteiger partial charge in [0.15, 0.2) is 0 Å². The summed E-state index contributed by atoms with van der Waals surface area (Å²) < 4.78 is 10.9. The Labute approximate surface area is 150 Å². The summed E-state index contributed by atoms with van der Waals surface area (Å²) in [4.78, 5) is 24.8. The quantitative estimate of drug-likeness (QED) is 0.629. The van der Waals surface area contributed by atoms with E-state index in [2.05, 4.69) is 0 Å². The summed E-state index contributed by atoms with van der Waals surface area (Å²) in [6.07, 6.45) is -4.32. The molecule has 2 unspecified atom stereocenters. The van der Waals surface area contributed by atoms with Crippen molar-refractivity contribution in [1.82, 2.24) is 0 Å². The summed E-state index contributed by atoms with van der Waals surface area (Å²) in [6.45, 7) is 7.08. The first-order valence-electron chi connectivity index (χ1n) is 8.97. The van der Waals surface area contributed by atoms with E-state index in [1.54, 1.807) is 13.8 Å². The number of fused-ring (bicyclic) bond motifs is 2. The Morgan fingerprint density at radius 2 is 1.85 bits per heavy atom. The van der Waals surface area contributed by atoms with Gasteiger partial charge in [-0.2, -0.15) is 0 Å². The largest absolute Gasteiger partial charge is 0.458 e. The second-order valence-electron chi connectivity index (χ2n) is 8.62. The molecular formula is C19H24O7. The van der Waals surface area contributed by atoms with E-state index in [0.717, 1.165) is 0 Å². The van der Waals surface area contributed by atoms with Crippen LogP contribution in [0.4, 0.5) is 0 Å². The Morgan fingerprint density at radius 1 is 1.19 bits per heavy atom. The molecule has 1 aromatic rings. The monoisotopic (exact) mass is 364 g/mol. The van der Waals surface area contributed by atoms with Gasteiger partial charge in [0.25, 0.3) is 0 Å². The lowest BCUT2D eigenvalue weighted by Crippen LogP contribution is -2.64. The van der Waals surface area contributed by atoms with Crippen molar-refractivity contribution in [1.29, 1.82) is 0 Å². The van der Waals surface area contributed by atoms with E-state index >= 15 is 0 Å². The second kappa shape index (κ2) is 5.18. The zero-order chi connectivity index (χ0) is 19.2. The van der Waals surface area contributed by atoms with E-state index in [9.17, 15) is 24.9 Å². The summed E-state index contributed by atoms with van der Waals surface area (Å²) in [6, 6.07) is 1.27. The minimum Gasteiger partial charge on any atom is -0.458 e. The smallest absolute Gasteiger partial charge is 0.336 e. The van der Waals surface area contributed by atoms with Gasteiger partial charge < -0.3 is 24.5 Å². The molecule has 4 rings (SSSR count). The number of carbonyl (C=O) groups is 1. The minimum atomic E-state index is -1.20. The first kappa shape index (κ1) is 17.7. The molecule has 2 fully saturated rings. The fraction of sp³-hybridized carbons (Fsp3) is 0.684. The summed E-state index contributed by atoms with van der Waals surface area (Å²) in [5.74, 6) is -0.940. The average molecular weight is 364 g/mol. The molecule has 2 aliphatic carbocycles. The Morgan fingerprint density at radius 3 is 2.46 bits per heavy atom. The van der Waals surface area contributed by atoms with Crippen LogP contribution in [0.1, 0.15) is 63.0 Å². The molecular weight excluding hydrogens is 340 g/mol. The maximum Gasteiger partial charge on any atom is 0.336 e. The highest BCUT2D eigenvalue weighted by Gasteiger charge is 2.71. The van der Waals surface area contributed by atoms with E-state index in [4.69, 9.17) is 9.15 Å². The Bertz CT molecular complexity index is 843. The van der Waals surface area contributed by atoms with Crippen LogP contribution < -0.4 is 5.63 Å². The van der Waals surface area contributed by atoms with Crippen LogP contribution in [0.3, 0.4) is 0 Å². The zero-order valence-corrected chi connectivity index (χ0v) is 15.2. The van der Waals surface area contributed by atoms with Crippen molar-refractivity contribution in [2.45, 2.75) is 69.9 Å². The molecule has 1 saturated carbocycles.